The van der Waals surface area contributed by atoms with E-state index in [1.807, 2.05) is 46.0 Å². The van der Waals surface area contributed by atoms with Gasteiger partial charge >= 0.3 is 0 Å². The van der Waals surface area contributed by atoms with Crippen LogP contribution in [0.25, 0.3) is 44.6 Å². The van der Waals surface area contributed by atoms with Gasteiger partial charge in [0.1, 0.15) is 11.4 Å². The standard InChI is InChI=1S/2C25H34N6O3S.CH4/c2*1-2-3-14-26-25-27-17-22-23(29-31(24(22)28-25)19-8-10-20(32)11-9-19)18-6-12-21(13-7-18)35(33,34)30-15-4-5-16-30;/h2*6-7,12-13,17,19-20,32H,2-5,8-11,14-16H2,1H3,(H,26,27,28);1H4. The third-order valence-corrected chi connectivity index (χ3v) is 18.0. The molecule has 384 valence electrons. The summed E-state index contributed by atoms with van der Waals surface area (Å²) in [5.41, 5.74) is 4.70. The van der Waals surface area contributed by atoms with Gasteiger partial charge in [0.25, 0.3) is 0 Å². The molecule has 20 heteroatoms. The second-order valence-corrected chi connectivity index (χ2v) is 23.1. The van der Waals surface area contributed by atoms with Crippen LogP contribution in [0.2, 0.25) is 0 Å². The van der Waals surface area contributed by atoms with Gasteiger partial charge in [0, 0.05) is 62.8 Å². The first-order valence-electron chi connectivity index (χ1n) is 25.5. The van der Waals surface area contributed by atoms with Crippen LogP contribution >= 0.6 is 0 Å². The van der Waals surface area contributed by atoms with E-state index in [9.17, 15) is 27.0 Å². The number of nitrogens with zero attached hydrogens (tertiary/aromatic N) is 10. The van der Waals surface area contributed by atoms with E-state index in [1.165, 1.54) is 0 Å². The topological polar surface area (TPSA) is 226 Å². The molecule has 0 bridgehead atoms. The van der Waals surface area contributed by atoms with Gasteiger partial charge in [-0.15, -0.1) is 0 Å². The number of benzene rings is 2. The van der Waals surface area contributed by atoms with E-state index in [0.29, 0.717) is 47.9 Å². The van der Waals surface area contributed by atoms with Gasteiger partial charge in [0.2, 0.25) is 31.9 Å². The molecule has 4 N–H and O–H groups in total. The van der Waals surface area contributed by atoms with Crippen LogP contribution in [0.3, 0.4) is 0 Å². The Labute approximate surface area is 418 Å². The predicted octanol–water partition coefficient (Wildman–Crippen LogP) is 8.57. The van der Waals surface area contributed by atoms with E-state index in [2.05, 4.69) is 34.4 Å². The van der Waals surface area contributed by atoms with Gasteiger partial charge in [-0.05, 0) is 114 Å². The highest BCUT2D eigenvalue weighted by molar-refractivity contribution is 7.89. The van der Waals surface area contributed by atoms with Gasteiger partial charge < -0.3 is 20.8 Å². The smallest absolute Gasteiger partial charge is 0.243 e. The number of rotatable bonds is 16. The van der Waals surface area contributed by atoms with Crippen LogP contribution in [0.15, 0.2) is 70.7 Å². The average molecular weight is 1010 g/mol. The monoisotopic (exact) mass is 1010 g/mol. The molecule has 0 unspecified atom stereocenters. The molecule has 18 nitrogen and oxygen atoms in total. The summed E-state index contributed by atoms with van der Waals surface area (Å²) in [6.07, 6.45) is 17.4. The predicted molar refractivity (Wildman–Crippen MR) is 278 cm³/mol. The van der Waals surface area contributed by atoms with Crippen LogP contribution in [0, 0.1) is 0 Å². The lowest BCUT2D eigenvalue weighted by Gasteiger charge is -2.25. The molecule has 6 heterocycles. The maximum atomic E-state index is 12.9. The number of nitrogens with one attached hydrogen (secondary N) is 2. The zero-order chi connectivity index (χ0) is 48.8. The minimum Gasteiger partial charge on any atom is -0.393 e. The molecule has 4 aromatic heterocycles. The third-order valence-electron chi connectivity index (χ3n) is 14.2. The average Bonchev–Trinajstić information content (AvgIpc) is 4.23. The first-order chi connectivity index (χ1) is 33.9. The molecular weight excluding hydrogens is 941 g/mol. The van der Waals surface area contributed by atoms with Crippen molar-refractivity contribution in [2.75, 3.05) is 49.9 Å². The highest BCUT2D eigenvalue weighted by Crippen LogP contribution is 2.37. The molecule has 2 aliphatic carbocycles. The summed E-state index contributed by atoms with van der Waals surface area (Å²) in [5, 5.41) is 38.2. The first-order valence-corrected chi connectivity index (χ1v) is 28.4. The summed E-state index contributed by atoms with van der Waals surface area (Å²) in [6, 6.07) is 14.3. The number of unbranched alkanes of at least 4 members (excludes halogenated alkanes) is 2. The van der Waals surface area contributed by atoms with E-state index in [1.54, 1.807) is 32.9 Å². The van der Waals surface area contributed by atoms with E-state index >= 15 is 0 Å². The molecule has 71 heavy (non-hydrogen) atoms. The fourth-order valence-electron chi connectivity index (χ4n) is 10.0. The Morgan fingerprint density at radius 2 is 0.901 bits per heavy atom. The van der Waals surface area contributed by atoms with E-state index in [0.717, 1.165) is 160 Å². The van der Waals surface area contributed by atoms with Crippen molar-refractivity contribution in [1.82, 2.24) is 48.1 Å². The molecule has 2 aliphatic heterocycles. The van der Waals surface area contributed by atoms with Gasteiger partial charge in [-0.3, -0.25) is 0 Å². The van der Waals surface area contributed by atoms with Crippen LogP contribution in [-0.2, 0) is 20.0 Å². The first kappa shape index (κ1) is 52.2. The fourth-order valence-corrected chi connectivity index (χ4v) is 13.1. The number of aliphatic hydroxyl groups excluding tert-OH is 2. The number of fused-ring (bicyclic) bond motifs is 2. The zero-order valence-corrected chi connectivity index (χ0v) is 42.1. The lowest BCUT2D eigenvalue weighted by atomic mass is 9.93. The highest BCUT2D eigenvalue weighted by atomic mass is 32.2. The van der Waals surface area contributed by atoms with Crippen molar-refractivity contribution >= 4 is 54.0 Å². The third kappa shape index (κ3) is 11.6. The molecule has 2 aromatic carbocycles. The quantitative estimate of drug-likeness (QED) is 0.0667. The van der Waals surface area contributed by atoms with Crippen molar-refractivity contribution in [1.29, 1.82) is 0 Å². The Balaban J connectivity index is 0.000000188. The maximum absolute atomic E-state index is 12.9. The molecule has 2 saturated heterocycles. The largest absolute Gasteiger partial charge is 0.393 e. The van der Waals surface area contributed by atoms with Gasteiger partial charge in [-0.25, -0.2) is 36.2 Å². The lowest BCUT2D eigenvalue weighted by molar-refractivity contribution is 0.108. The maximum Gasteiger partial charge on any atom is 0.243 e. The van der Waals surface area contributed by atoms with Crippen molar-refractivity contribution in [3.8, 4) is 22.5 Å². The van der Waals surface area contributed by atoms with Crippen LogP contribution in [-0.4, -0.2) is 127 Å². The summed E-state index contributed by atoms with van der Waals surface area (Å²) in [6.45, 7) is 8.25. The summed E-state index contributed by atoms with van der Waals surface area (Å²) in [5.74, 6) is 1.17. The van der Waals surface area contributed by atoms with Gasteiger partial charge in [-0.2, -0.15) is 28.8 Å². The van der Waals surface area contributed by atoms with E-state index < -0.39 is 20.0 Å². The Kier molecular flexibility index (Phi) is 17.0. The summed E-state index contributed by atoms with van der Waals surface area (Å²) >= 11 is 0. The van der Waals surface area contributed by atoms with Crippen molar-refractivity contribution in [2.45, 2.75) is 158 Å². The van der Waals surface area contributed by atoms with Crippen molar-refractivity contribution in [2.24, 2.45) is 0 Å². The van der Waals surface area contributed by atoms with Gasteiger partial charge in [-0.1, -0.05) is 58.4 Å². The molecule has 0 spiro atoms. The van der Waals surface area contributed by atoms with Crippen molar-refractivity contribution in [3.63, 3.8) is 0 Å². The highest BCUT2D eigenvalue weighted by Gasteiger charge is 2.31. The minimum atomic E-state index is -3.46. The molecule has 2 saturated carbocycles. The number of aromatic nitrogens is 8. The van der Waals surface area contributed by atoms with Crippen molar-refractivity contribution in [3.05, 3.63) is 60.9 Å². The molecule has 0 atom stereocenters. The van der Waals surface area contributed by atoms with E-state index in [-0.39, 0.29) is 31.7 Å². The van der Waals surface area contributed by atoms with Crippen molar-refractivity contribution < 1.29 is 27.0 Å². The van der Waals surface area contributed by atoms with Crippen LogP contribution in [0.5, 0.6) is 0 Å². The number of anilines is 2. The molecule has 0 amide bonds. The molecule has 4 aliphatic rings. The van der Waals surface area contributed by atoms with Gasteiger partial charge in [0.15, 0.2) is 11.3 Å². The van der Waals surface area contributed by atoms with Crippen LogP contribution < -0.4 is 10.6 Å². The van der Waals surface area contributed by atoms with E-state index in [4.69, 9.17) is 20.2 Å². The number of hydrogen-bond acceptors (Lipinski definition) is 14. The van der Waals surface area contributed by atoms with Crippen LogP contribution in [0.1, 0.15) is 136 Å². The Morgan fingerprint density at radius 3 is 1.24 bits per heavy atom. The lowest BCUT2D eigenvalue weighted by Crippen LogP contribution is -2.27. The normalized spacial score (nSPS) is 21.2. The Hall–Kier alpha value is -5.12. The molecule has 0 radical (unpaired) electrons. The Bertz CT molecular complexity index is 2720. The number of sulfonamides is 2. The summed E-state index contributed by atoms with van der Waals surface area (Å²) in [4.78, 5) is 19.3. The van der Waals surface area contributed by atoms with Crippen LogP contribution in [0.4, 0.5) is 11.9 Å². The summed E-state index contributed by atoms with van der Waals surface area (Å²) < 4.78 is 58.8. The second kappa shape index (κ2) is 23.2. The fraction of sp³-hybridized carbons (Fsp3) is 0.569. The molecule has 6 aromatic rings. The Morgan fingerprint density at radius 1 is 0.549 bits per heavy atom. The SMILES string of the molecule is C.CCCCNc1ncc2c(-c3ccc(S(=O)(=O)N4CCCC4)cc3)nn(C3CCC(O)CC3)c2n1.CCCCNc1ncc2c(-c3ccc(S(=O)(=O)N4CCCC4)cc3)nn(C3CCC(O)CC3)c2n1. The summed E-state index contributed by atoms with van der Waals surface area (Å²) in [7, 11) is -6.93. The minimum absolute atomic E-state index is 0. The molecule has 4 fully saturated rings. The molecule has 10 rings (SSSR count). The zero-order valence-electron chi connectivity index (χ0n) is 40.5. The second-order valence-electron chi connectivity index (χ2n) is 19.2. The number of aliphatic hydroxyl groups is 2. The molecular formula is C51H72N12O6S2. The number of hydrogen-bond donors (Lipinski definition) is 4. The van der Waals surface area contributed by atoms with Gasteiger partial charge in [0.05, 0.1) is 44.9 Å².